The van der Waals surface area contributed by atoms with Crippen LogP contribution in [0.3, 0.4) is 0 Å². The average molecular weight is 457 g/mol. The topological polar surface area (TPSA) is 65.0 Å². The zero-order chi connectivity index (χ0) is 23.8. The van der Waals surface area contributed by atoms with Crippen LogP contribution in [0.1, 0.15) is 64.9 Å². The van der Waals surface area contributed by atoms with Crippen molar-refractivity contribution in [3.63, 3.8) is 0 Å². The van der Waals surface area contributed by atoms with Gasteiger partial charge in [0.05, 0.1) is 32.0 Å². The molecule has 0 aliphatic heterocycles. The first-order valence-corrected chi connectivity index (χ1v) is 12.4. The summed E-state index contributed by atoms with van der Waals surface area (Å²) in [5.74, 6) is 1.57. The van der Waals surface area contributed by atoms with Crippen LogP contribution in [-0.2, 0) is 20.9 Å². The fourth-order valence-corrected chi connectivity index (χ4v) is 6.72. The molecule has 182 valence electrons. The van der Waals surface area contributed by atoms with Crippen LogP contribution in [0.15, 0.2) is 35.9 Å². The van der Waals surface area contributed by atoms with Crippen molar-refractivity contribution in [3.05, 3.63) is 41.5 Å². The van der Waals surface area contributed by atoms with Crippen LogP contribution < -0.4 is 4.74 Å². The van der Waals surface area contributed by atoms with Gasteiger partial charge < -0.3 is 19.3 Å². The standard InChI is InChI=1S/C28H40O5/c1-27(2)24-16-23(32-5)21-14-19(15-22(21)29)8-11-25(30)28(24,3)13-12-26(27)33-17-18-6-9-20(31-4)10-7-18/h6-7,9-10,14,19,22-24,26,29H,8,11-13,15-17H2,1-5H3/t19-,22-,23-,24-,26+,28-/m1/s1. The minimum atomic E-state index is -0.465. The number of fused-ring (bicyclic) bond motifs is 2. The second-order valence-corrected chi connectivity index (χ2v) is 11.1. The number of ketones is 1. The zero-order valence-electron chi connectivity index (χ0n) is 20.8. The highest BCUT2D eigenvalue weighted by Gasteiger charge is 2.56. The van der Waals surface area contributed by atoms with E-state index < -0.39 is 11.5 Å². The largest absolute Gasteiger partial charge is 0.497 e. The van der Waals surface area contributed by atoms with Gasteiger partial charge in [0.25, 0.3) is 0 Å². The number of Topliss-reactive ketones (excluding diaryl/α,β-unsaturated/α-hetero) is 1. The van der Waals surface area contributed by atoms with Crippen molar-refractivity contribution in [2.75, 3.05) is 14.2 Å². The third-order valence-corrected chi connectivity index (χ3v) is 8.86. The lowest BCUT2D eigenvalue weighted by atomic mass is 9.52. The first kappa shape index (κ1) is 24.4. The van der Waals surface area contributed by atoms with Gasteiger partial charge >= 0.3 is 0 Å². The zero-order valence-corrected chi connectivity index (χ0v) is 20.8. The molecule has 6 atom stereocenters. The number of benzene rings is 1. The minimum absolute atomic E-state index is 0.0427. The lowest BCUT2D eigenvalue weighted by Gasteiger charge is -2.54. The van der Waals surface area contributed by atoms with Gasteiger partial charge in [-0.3, -0.25) is 4.79 Å². The average Bonchev–Trinajstić information content (AvgIpc) is 3.16. The highest BCUT2D eigenvalue weighted by Crippen LogP contribution is 2.56. The summed E-state index contributed by atoms with van der Waals surface area (Å²) >= 11 is 0. The van der Waals surface area contributed by atoms with E-state index in [1.54, 1.807) is 14.2 Å². The van der Waals surface area contributed by atoms with Crippen molar-refractivity contribution >= 4 is 5.78 Å². The van der Waals surface area contributed by atoms with Crippen molar-refractivity contribution in [1.29, 1.82) is 0 Å². The molecule has 5 nitrogen and oxygen atoms in total. The van der Waals surface area contributed by atoms with E-state index in [1.807, 2.05) is 24.3 Å². The molecule has 4 rings (SSSR count). The first-order chi connectivity index (χ1) is 15.7. The van der Waals surface area contributed by atoms with E-state index in [2.05, 4.69) is 26.8 Å². The van der Waals surface area contributed by atoms with E-state index in [4.69, 9.17) is 14.2 Å². The van der Waals surface area contributed by atoms with Crippen LogP contribution in [0, 0.1) is 22.7 Å². The Morgan fingerprint density at radius 1 is 1.06 bits per heavy atom. The van der Waals surface area contributed by atoms with E-state index in [1.165, 1.54) is 0 Å². The molecule has 0 heterocycles. The third-order valence-electron chi connectivity index (χ3n) is 8.86. The Hall–Kier alpha value is -1.69. The second-order valence-electron chi connectivity index (χ2n) is 11.1. The summed E-state index contributed by atoms with van der Waals surface area (Å²) in [6.07, 6.45) is 6.13. The van der Waals surface area contributed by atoms with Crippen LogP contribution in [-0.4, -0.2) is 43.4 Å². The molecule has 0 unspecified atom stereocenters. The number of hydrogen-bond donors (Lipinski definition) is 1. The Balaban J connectivity index is 1.58. The molecule has 2 bridgehead atoms. The molecule has 0 radical (unpaired) electrons. The predicted octanol–water partition coefficient (Wildman–Crippen LogP) is 5.10. The summed E-state index contributed by atoms with van der Waals surface area (Å²) in [5.41, 5.74) is 1.51. The van der Waals surface area contributed by atoms with Gasteiger partial charge in [-0.15, -0.1) is 0 Å². The van der Waals surface area contributed by atoms with Crippen LogP contribution in [0.4, 0.5) is 0 Å². The molecule has 1 fully saturated rings. The van der Waals surface area contributed by atoms with Crippen molar-refractivity contribution in [1.82, 2.24) is 0 Å². The van der Waals surface area contributed by atoms with Crippen molar-refractivity contribution in [2.45, 2.75) is 84.2 Å². The second kappa shape index (κ2) is 9.52. The number of hydrogen-bond acceptors (Lipinski definition) is 5. The van der Waals surface area contributed by atoms with Gasteiger partial charge in [-0.05, 0) is 72.6 Å². The van der Waals surface area contributed by atoms with Gasteiger partial charge in [0.2, 0.25) is 0 Å². The fraction of sp³-hybridized carbons (Fsp3) is 0.679. The van der Waals surface area contributed by atoms with E-state index in [9.17, 15) is 9.90 Å². The van der Waals surface area contributed by atoms with Crippen molar-refractivity contribution < 1.29 is 24.1 Å². The number of aliphatic hydroxyl groups is 1. The minimum Gasteiger partial charge on any atom is -0.497 e. The molecule has 3 aliphatic carbocycles. The monoisotopic (exact) mass is 456 g/mol. The van der Waals surface area contributed by atoms with Crippen LogP contribution in [0.25, 0.3) is 0 Å². The molecule has 3 aliphatic rings. The Labute approximate surface area is 198 Å². The molecule has 0 spiro atoms. The summed E-state index contributed by atoms with van der Waals surface area (Å²) < 4.78 is 17.7. The quantitative estimate of drug-likeness (QED) is 0.625. The molecule has 0 aromatic heterocycles. The summed E-state index contributed by atoms with van der Waals surface area (Å²) in [6.45, 7) is 7.21. The van der Waals surface area contributed by atoms with Crippen molar-refractivity contribution in [3.8, 4) is 5.75 Å². The Kier molecular flexibility index (Phi) is 7.05. The molecule has 1 aromatic carbocycles. The highest BCUT2D eigenvalue weighted by molar-refractivity contribution is 5.85. The molecule has 1 N–H and O–H groups in total. The predicted molar refractivity (Wildman–Crippen MR) is 128 cm³/mol. The Bertz CT molecular complexity index is 873. The fourth-order valence-electron chi connectivity index (χ4n) is 6.72. The number of carbonyl (C=O) groups is 1. The third kappa shape index (κ3) is 4.65. The molecule has 1 saturated carbocycles. The van der Waals surface area contributed by atoms with E-state index in [0.717, 1.165) is 42.6 Å². The Morgan fingerprint density at radius 2 is 1.79 bits per heavy atom. The number of allylic oxidation sites excluding steroid dienone is 1. The molecular weight excluding hydrogens is 416 g/mol. The number of carbonyl (C=O) groups excluding carboxylic acids is 1. The first-order valence-electron chi connectivity index (χ1n) is 12.4. The smallest absolute Gasteiger partial charge is 0.139 e. The van der Waals surface area contributed by atoms with E-state index >= 15 is 0 Å². The van der Waals surface area contributed by atoms with Crippen molar-refractivity contribution in [2.24, 2.45) is 22.7 Å². The summed E-state index contributed by atoms with van der Waals surface area (Å²) in [7, 11) is 3.39. The van der Waals surface area contributed by atoms with Gasteiger partial charge in [-0.25, -0.2) is 0 Å². The maximum absolute atomic E-state index is 13.6. The van der Waals surface area contributed by atoms with Crippen LogP contribution in [0.2, 0.25) is 0 Å². The lowest BCUT2D eigenvalue weighted by Crippen LogP contribution is -2.55. The van der Waals surface area contributed by atoms with Crippen LogP contribution in [0.5, 0.6) is 5.75 Å². The number of rotatable bonds is 5. The number of ether oxygens (including phenoxy) is 3. The van der Waals surface area contributed by atoms with Crippen LogP contribution >= 0.6 is 0 Å². The van der Waals surface area contributed by atoms with Gasteiger partial charge in [0, 0.05) is 18.9 Å². The van der Waals surface area contributed by atoms with Gasteiger partial charge in [0.1, 0.15) is 11.5 Å². The maximum Gasteiger partial charge on any atom is 0.139 e. The maximum atomic E-state index is 13.6. The summed E-state index contributed by atoms with van der Waals surface area (Å²) in [4.78, 5) is 13.6. The lowest BCUT2D eigenvalue weighted by molar-refractivity contribution is -0.161. The normalized spacial score (nSPS) is 36.1. The molecular formula is C28H40O5. The van der Waals surface area contributed by atoms with E-state index in [-0.39, 0.29) is 29.5 Å². The van der Waals surface area contributed by atoms with Gasteiger partial charge in [0.15, 0.2) is 0 Å². The molecule has 0 amide bonds. The Morgan fingerprint density at radius 3 is 2.45 bits per heavy atom. The van der Waals surface area contributed by atoms with Gasteiger partial charge in [-0.1, -0.05) is 39.0 Å². The van der Waals surface area contributed by atoms with E-state index in [0.29, 0.717) is 25.2 Å². The number of aliphatic hydroxyl groups excluding tert-OH is 1. The summed E-state index contributed by atoms with van der Waals surface area (Å²) in [6, 6.07) is 7.99. The number of methoxy groups -OCH3 is 2. The molecule has 5 heteroatoms. The highest BCUT2D eigenvalue weighted by atomic mass is 16.5. The molecule has 1 aromatic rings. The molecule has 33 heavy (non-hydrogen) atoms. The van der Waals surface area contributed by atoms with Gasteiger partial charge in [-0.2, -0.15) is 0 Å². The SMILES string of the molecule is COc1ccc(CO[C@H]2CC[C@@]3(C)C(=O)CC[C@@H]4C=C([C@H](O)C4)[C@H](OC)C[C@@H]3C2(C)C)cc1. The summed E-state index contributed by atoms with van der Waals surface area (Å²) in [5, 5.41) is 10.7. The molecule has 0 saturated heterocycles.